The number of likely N-dealkylation sites (tertiary alicyclic amines) is 1. The standard InChI is InChI=1S/C25H28N2O4/c1-17-7-3-4-8-21(17)24-26-22(18(2)31-24)16-30-20-12-10-19(11-13-20)15-27-14-6-5-9-23(27)25(28)29/h3-4,7-8,10-13,23H,5-6,9,14-16H2,1-2H3,(H,28,29)/t23-/m1/s1. The van der Waals surface area contributed by atoms with Gasteiger partial charge in [0.05, 0.1) is 0 Å². The number of aliphatic carboxylic acids is 1. The summed E-state index contributed by atoms with van der Waals surface area (Å²) in [4.78, 5) is 18.2. The van der Waals surface area contributed by atoms with Crippen molar-refractivity contribution in [3.8, 4) is 17.2 Å². The molecule has 0 aliphatic carbocycles. The molecule has 2 aromatic carbocycles. The highest BCUT2D eigenvalue weighted by atomic mass is 16.5. The largest absolute Gasteiger partial charge is 0.487 e. The second kappa shape index (κ2) is 9.35. The second-order valence-electron chi connectivity index (χ2n) is 8.09. The minimum absolute atomic E-state index is 0.327. The number of oxazole rings is 1. The molecule has 1 saturated heterocycles. The molecule has 2 heterocycles. The number of hydrogen-bond acceptors (Lipinski definition) is 5. The van der Waals surface area contributed by atoms with Crippen LogP contribution in [0.15, 0.2) is 52.9 Å². The molecule has 162 valence electrons. The first kappa shape index (κ1) is 21.1. The Morgan fingerprint density at radius 2 is 1.94 bits per heavy atom. The summed E-state index contributed by atoms with van der Waals surface area (Å²) in [6.07, 6.45) is 2.75. The number of aryl methyl sites for hydroxylation is 2. The van der Waals surface area contributed by atoms with Gasteiger partial charge >= 0.3 is 5.97 Å². The van der Waals surface area contributed by atoms with E-state index >= 15 is 0 Å². The molecule has 1 N–H and O–H groups in total. The zero-order chi connectivity index (χ0) is 21.8. The maximum Gasteiger partial charge on any atom is 0.320 e. The van der Waals surface area contributed by atoms with Gasteiger partial charge in [-0.3, -0.25) is 9.69 Å². The molecular weight excluding hydrogens is 392 g/mol. The van der Waals surface area contributed by atoms with Crippen LogP contribution in [0.4, 0.5) is 0 Å². The molecule has 6 nitrogen and oxygen atoms in total. The highest BCUT2D eigenvalue weighted by Gasteiger charge is 2.28. The highest BCUT2D eigenvalue weighted by Crippen LogP contribution is 2.26. The first-order valence-electron chi connectivity index (χ1n) is 10.7. The molecule has 3 aromatic rings. The van der Waals surface area contributed by atoms with Crippen LogP contribution in [-0.2, 0) is 17.9 Å². The summed E-state index contributed by atoms with van der Waals surface area (Å²) in [7, 11) is 0. The van der Waals surface area contributed by atoms with Crippen LogP contribution >= 0.6 is 0 Å². The van der Waals surface area contributed by atoms with E-state index in [1.807, 2.05) is 67.3 Å². The van der Waals surface area contributed by atoms with Crippen LogP contribution in [0.2, 0.25) is 0 Å². The van der Waals surface area contributed by atoms with E-state index in [1.54, 1.807) is 0 Å². The molecule has 1 fully saturated rings. The molecule has 1 aliphatic rings. The van der Waals surface area contributed by atoms with Gasteiger partial charge in [-0.25, -0.2) is 4.98 Å². The lowest BCUT2D eigenvalue weighted by Crippen LogP contribution is -2.43. The van der Waals surface area contributed by atoms with Gasteiger partial charge in [0.2, 0.25) is 5.89 Å². The van der Waals surface area contributed by atoms with Crippen molar-refractivity contribution in [1.29, 1.82) is 0 Å². The Balaban J connectivity index is 1.38. The molecule has 0 saturated carbocycles. The van der Waals surface area contributed by atoms with Gasteiger partial charge in [0.25, 0.3) is 0 Å². The Morgan fingerprint density at radius 1 is 1.16 bits per heavy atom. The monoisotopic (exact) mass is 420 g/mol. The number of nitrogens with zero attached hydrogens (tertiary/aromatic N) is 2. The number of carboxylic acid groups (broad SMARTS) is 1. The Hall–Kier alpha value is -3.12. The molecule has 0 amide bonds. The Morgan fingerprint density at radius 3 is 2.68 bits per heavy atom. The summed E-state index contributed by atoms with van der Waals surface area (Å²) in [5, 5.41) is 9.45. The minimum Gasteiger partial charge on any atom is -0.487 e. The molecule has 4 rings (SSSR count). The van der Waals surface area contributed by atoms with Crippen LogP contribution in [0.1, 0.15) is 41.8 Å². The number of rotatable bonds is 7. The number of benzene rings is 2. The normalized spacial score (nSPS) is 16.9. The quantitative estimate of drug-likeness (QED) is 0.581. The molecule has 31 heavy (non-hydrogen) atoms. The number of carboxylic acids is 1. The SMILES string of the molecule is Cc1ccccc1-c1nc(COc2ccc(CN3CCCC[C@@H]3C(=O)O)cc2)c(C)o1. The van der Waals surface area contributed by atoms with Gasteiger partial charge in [-0.2, -0.15) is 0 Å². The molecule has 0 spiro atoms. The third-order valence-corrected chi connectivity index (χ3v) is 5.85. The summed E-state index contributed by atoms with van der Waals surface area (Å²) in [5.41, 5.74) is 3.96. The van der Waals surface area contributed by atoms with Crippen molar-refractivity contribution in [3.05, 3.63) is 71.1 Å². The molecular formula is C25H28N2O4. The maximum absolute atomic E-state index is 11.5. The zero-order valence-corrected chi connectivity index (χ0v) is 18.0. The van der Waals surface area contributed by atoms with Crippen LogP contribution in [0.3, 0.4) is 0 Å². The number of aromatic nitrogens is 1. The van der Waals surface area contributed by atoms with Gasteiger partial charge in [-0.15, -0.1) is 0 Å². The molecule has 0 bridgehead atoms. The van der Waals surface area contributed by atoms with E-state index in [1.165, 1.54) is 0 Å². The Bertz CT molecular complexity index is 1040. The van der Waals surface area contributed by atoms with Crippen LogP contribution in [0, 0.1) is 13.8 Å². The first-order valence-corrected chi connectivity index (χ1v) is 10.7. The lowest BCUT2D eigenvalue weighted by atomic mass is 10.0. The molecule has 1 aliphatic heterocycles. The Kier molecular flexibility index (Phi) is 6.37. The summed E-state index contributed by atoms with van der Waals surface area (Å²) >= 11 is 0. The van der Waals surface area contributed by atoms with Crippen molar-refractivity contribution in [2.75, 3.05) is 6.54 Å². The van der Waals surface area contributed by atoms with E-state index in [9.17, 15) is 9.90 Å². The van der Waals surface area contributed by atoms with Gasteiger partial charge in [0.15, 0.2) is 0 Å². The predicted molar refractivity (Wildman–Crippen MR) is 118 cm³/mol. The minimum atomic E-state index is -0.729. The van der Waals surface area contributed by atoms with Gasteiger partial charge in [-0.1, -0.05) is 36.8 Å². The average molecular weight is 421 g/mol. The smallest absolute Gasteiger partial charge is 0.320 e. The second-order valence-corrected chi connectivity index (χ2v) is 8.09. The Labute approximate surface area is 182 Å². The van der Waals surface area contributed by atoms with E-state index in [2.05, 4.69) is 4.98 Å². The van der Waals surface area contributed by atoms with Crippen molar-refractivity contribution in [1.82, 2.24) is 9.88 Å². The van der Waals surface area contributed by atoms with Crippen LogP contribution < -0.4 is 4.74 Å². The van der Waals surface area contributed by atoms with E-state index in [4.69, 9.17) is 9.15 Å². The van der Waals surface area contributed by atoms with E-state index in [-0.39, 0.29) is 6.04 Å². The van der Waals surface area contributed by atoms with Crippen LogP contribution in [0.5, 0.6) is 5.75 Å². The van der Waals surface area contributed by atoms with Gasteiger partial charge in [-0.05, 0) is 62.6 Å². The number of ether oxygens (including phenoxy) is 1. The molecule has 0 unspecified atom stereocenters. The van der Waals surface area contributed by atoms with E-state index < -0.39 is 5.97 Å². The van der Waals surface area contributed by atoms with Gasteiger partial charge in [0.1, 0.15) is 29.9 Å². The fourth-order valence-corrected chi connectivity index (χ4v) is 4.03. The summed E-state index contributed by atoms with van der Waals surface area (Å²) in [5.74, 6) is 1.38. The van der Waals surface area contributed by atoms with Crippen molar-refractivity contribution >= 4 is 5.97 Å². The van der Waals surface area contributed by atoms with E-state index in [0.717, 1.165) is 59.7 Å². The number of piperidine rings is 1. The average Bonchev–Trinajstić information content (AvgIpc) is 3.14. The topological polar surface area (TPSA) is 75.8 Å². The van der Waals surface area contributed by atoms with Crippen molar-refractivity contribution in [2.24, 2.45) is 0 Å². The van der Waals surface area contributed by atoms with Crippen molar-refractivity contribution < 1.29 is 19.1 Å². The van der Waals surface area contributed by atoms with Gasteiger partial charge < -0.3 is 14.3 Å². The fraction of sp³-hybridized carbons (Fsp3) is 0.360. The third-order valence-electron chi connectivity index (χ3n) is 5.85. The summed E-state index contributed by atoms with van der Waals surface area (Å²) in [6, 6.07) is 15.5. The number of hydrogen-bond donors (Lipinski definition) is 1. The van der Waals surface area contributed by atoms with Crippen LogP contribution in [0.25, 0.3) is 11.5 Å². The molecule has 1 aromatic heterocycles. The lowest BCUT2D eigenvalue weighted by Gasteiger charge is -2.32. The lowest BCUT2D eigenvalue weighted by molar-refractivity contribution is -0.144. The maximum atomic E-state index is 11.5. The summed E-state index contributed by atoms with van der Waals surface area (Å²) in [6.45, 7) is 5.72. The summed E-state index contributed by atoms with van der Waals surface area (Å²) < 4.78 is 11.8. The third kappa shape index (κ3) is 4.97. The zero-order valence-electron chi connectivity index (χ0n) is 18.0. The molecule has 6 heteroatoms. The molecule has 1 atom stereocenters. The number of carbonyl (C=O) groups is 1. The van der Waals surface area contributed by atoms with Gasteiger partial charge in [0, 0.05) is 12.1 Å². The van der Waals surface area contributed by atoms with Crippen LogP contribution in [-0.4, -0.2) is 33.5 Å². The fourth-order valence-electron chi connectivity index (χ4n) is 4.03. The van der Waals surface area contributed by atoms with Crippen molar-refractivity contribution in [3.63, 3.8) is 0 Å². The highest BCUT2D eigenvalue weighted by molar-refractivity contribution is 5.73. The van der Waals surface area contributed by atoms with Crippen molar-refractivity contribution in [2.45, 2.75) is 52.3 Å². The molecule has 0 radical (unpaired) electrons. The first-order chi connectivity index (χ1) is 15.0. The van der Waals surface area contributed by atoms with E-state index in [0.29, 0.717) is 19.0 Å². The predicted octanol–water partition coefficient (Wildman–Crippen LogP) is 4.98.